The second-order valence-electron chi connectivity index (χ2n) is 7.96. The Hall–Kier alpha value is -2.46. The Morgan fingerprint density at radius 2 is 1.83 bits per heavy atom. The van der Waals surface area contributed by atoms with Crippen molar-refractivity contribution in [2.45, 2.75) is 38.5 Å². The van der Waals surface area contributed by atoms with Gasteiger partial charge in [0, 0.05) is 34.3 Å². The molecule has 0 aliphatic heterocycles. The maximum absolute atomic E-state index is 13.5. The smallest absolute Gasteiger partial charge is 0.227 e. The van der Waals surface area contributed by atoms with E-state index < -0.39 is 0 Å². The molecule has 3 aromatic rings. The van der Waals surface area contributed by atoms with Gasteiger partial charge in [-0.2, -0.15) is 0 Å². The molecule has 1 saturated carbocycles. The third-order valence-corrected chi connectivity index (χ3v) is 6.43. The number of pyridine rings is 1. The molecule has 0 spiro atoms. The number of nitrogens with zero attached hydrogens (tertiary/aromatic N) is 1. The molecule has 0 bridgehead atoms. The predicted octanol–water partition coefficient (Wildman–Crippen LogP) is 6.58. The highest BCUT2D eigenvalue weighted by Crippen LogP contribution is 2.40. The molecule has 2 aromatic carbocycles. The Bertz CT molecular complexity index is 1010. The highest BCUT2D eigenvalue weighted by Gasteiger charge is 2.30. The van der Waals surface area contributed by atoms with Crippen LogP contribution in [0, 0.1) is 17.7 Å². The van der Waals surface area contributed by atoms with Crippen LogP contribution in [0.25, 0.3) is 10.9 Å². The van der Waals surface area contributed by atoms with Crippen molar-refractivity contribution in [3.05, 3.63) is 71.1 Å². The summed E-state index contributed by atoms with van der Waals surface area (Å²) in [7, 11) is 0. The molecular formula is C24H24ClFN2O. The van der Waals surface area contributed by atoms with Crippen LogP contribution in [0.15, 0.2) is 54.7 Å². The van der Waals surface area contributed by atoms with Crippen LogP contribution in [-0.2, 0) is 4.79 Å². The van der Waals surface area contributed by atoms with Crippen LogP contribution in [0.4, 0.5) is 10.1 Å². The van der Waals surface area contributed by atoms with Gasteiger partial charge in [0.2, 0.25) is 5.91 Å². The summed E-state index contributed by atoms with van der Waals surface area (Å²) in [4.78, 5) is 17.0. The first-order valence-electron chi connectivity index (χ1n) is 10.1. The monoisotopic (exact) mass is 410 g/mol. The van der Waals surface area contributed by atoms with Gasteiger partial charge in [-0.3, -0.25) is 9.78 Å². The van der Waals surface area contributed by atoms with Gasteiger partial charge in [0.25, 0.3) is 0 Å². The molecule has 5 heteroatoms. The molecule has 1 atom stereocenters. The van der Waals surface area contributed by atoms with Crippen LogP contribution in [0.2, 0.25) is 5.02 Å². The van der Waals surface area contributed by atoms with Crippen LogP contribution < -0.4 is 5.32 Å². The van der Waals surface area contributed by atoms with E-state index in [0.29, 0.717) is 22.4 Å². The van der Waals surface area contributed by atoms with E-state index in [4.69, 9.17) is 11.6 Å². The summed E-state index contributed by atoms with van der Waals surface area (Å²) < 4.78 is 13.5. The largest absolute Gasteiger partial charge is 0.326 e. The Morgan fingerprint density at radius 1 is 1.10 bits per heavy atom. The Morgan fingerprint density at radius 3 is 2.55 bits per heavy atom. The number of hydrogen-bond acceptors (Lipinski definition) is 2. The zero-order valence-electron chi connectivity index (χ0n) is 16.4. The van der Waals surface area contributed by atoms with E-state index in [2.05, 4.69) is 16.4 Å². The number of fused-ring (bicyclic) bond motifs is 1. The number of halogens is 2. The van der Waals surface area contributed by atoms with Crippen molar-refractivity contribution in [3.8, 4) is 0 Å². The summed E-state index contributed by atoms with van der Waals surface area (Å²) in [6, 6.07) is 14.1. The minimum atomic E-state index is -0.258. The molecule has 1 aromatic heterocycles. The molecule has 1 heterocycles. The van der Waals surface area contributed by atoms with Gasteiger partial charge in [-0.1, -0.05) is 18.5 Å². The van der Waals surface area contributed by atoms with Gasteiger partial charge in [0.05, 0.1) is 5.52 Å². The lowest BCUT2D eigenvalue weighted by Crippen LogP contribution is -2.29. The number of amides is 1. The van der Waals surface area contributed by atoms with Crippen molar-refractivity contribution in [3.63, 3.8) is 0 Å². The maximum atomic E-state index is 13.5. The van der Waals surface area contributed by atoms with Crippen LogP contribution in [-0.4, -0.2) is 10.9 Å². The number of carbonyl (C=O) groups is 1. The number of nitrogens with one attached hydrogen (secondary N) is 1. The van der Waals surface area contributed by atoms with Crippen molar-refractivity contribution in [1.82, 2.24) is 4.98 Å². The highest BCUT2D eigenvalue weighted by molar-refractivity contribution is 6.30. The normalized spacial score (nSPS) is 20.4. The molecule has 1 amide bonds. The summed E-state index contributed by atoms with van der Waals surface area (Å²) in [6.07, 6.45) is 5.83. The van der Waals surface area contributed by atoms with E-state index in [0.717, 1.165) is 36.8 Å². The number of benzene rings is 2. The number of rotatable bonds is 4. The van der Waals surface area contributed by atoms with E-state index in [1.807, 2.05) is 25.1 Å². The number of carbonyl (C=O) groups excluding carboxylic acids is 1. The lowest BCUT2D eigenvalue weighted by molar-refractivity contribution is -0.121. The second kappa shape index (κ2) is 8.50. The molecule has 1 fully saturated rings. The molecule has 1 aliphatic rings. The molecule has 4 rings (SSSR count). The topological polar surface area (TPSA) is 42.0 Å². The minimum absolute atomic E-state index is 0.0464. The van der Waals surface area contributed by atoms with E-state index >= 15 is 0 Å². The Balaban J connectivity index is 1.40. The van der Waals surface area contributed by atoms with Crippen molar-refractivity contribution in [2.75, 3.05) is 5.32 Å². The van der Waals surface area contributed by atoms with Crippen LogP contribution >= 0.6 is 11.6 Å². The first kappa shape index (κ1) is 19.8. The fraction of sp³-hybridized carbons (Fsp3) is 0.333. The Labute approximate surface area is 175 Å². The van der Waals surface area contributed by atoms with Crippen molar-refractivity contribution >= 4 is 34.1 Å². The van der Waals surface area contributed by atoms with Gasteiger partial charge in [0.1, 0.15) is 5.82 Å². The molecule has 1 aliphatic carbocycles. The number of aromatic nitrogens is 1. The Kier molecular flexibility index (Phi) is 5.81. The van der Waals surface area contributed by atoms with Crippen LogP contribution in [0.5, 0.6) is 0 Å². The minimum Gasteiger partial charge on any atom is -0.326 e. The number of hydrogen-bond donors (Lipinski definition) is 1. The van der Waals surface area contributed by atoms with Crippen molar-refractivity contribution in [1.29, 1.82) is 0 Å². The molecule has 0 unspecified atom stereocenters. The molecule has 1 N–H and O–H groups in total. The lowest BCUT2D eigenvalue weighted by Gasteiger charge is -2.32. The highest BCUT2D eigenvalue weighted by atomic mass is 35.5. The van der Waals surface area contributed by atoms with Crippen LogP contribution in [0.1, 0.15) is 44.1 Å². The standard InChI is InChI=1S/C24H24ClFN2O/c1-15(24(29)28-20-9-6-18(25)7-10-20)16-2-4-17(5-3-16)21-12-13-27-23-14-19(26)8-11-22(21)23/h6-17H,2-5H2,1H3,(H,28,29)/t15-,16?,17?/m1/s1. The van der Waals surface area contributed by atoms with Gasteiger partial charge in [-0.15, -0.1) is 0 Å². The lowest BCUT2D eigenvalue weighted by atomic mass is 9.73. The van der Waals surface area contributed by atoms with Gasteiger partial charge in [0.15, 0.2) is 0 Å². The molecule has 0 radical (unpaired) electrons. The van der Waals surface area contributed by atoms with Gasteiger partial charge in [-0.05, 0) is 85.5 Å². The first-order valence-corrected chi connectivity index (χ1v) is 10.5. The maximum Gasteiger partial charge on any atom is 0.227 e. The van der Waals surface area contributed by atoms with Gasteiger partial charge in [-0.25, -0.2) is 4.39 Å². The SMILES string of the molecule is C[C@@H](C(=O)Nc1ccc(Cl)cc1)C1CCC(c2ccnc3cc(F)ccc23)CC1. The molecule has 3 nitrogen and oxygen atoms in total. The molecule has 29 heavy (non-hydrogen) atoms. The fourth-order valence-electron chi connectivity index (χ4n) is 4.43. The van der Waals surface area contributed by atoms with E-state index in [1.165, 1.54) is 17.7 Å². The summed E-state index contributed by atoms with van der Waals surface area (Å²) in [5, 5.41) is 4.68. The third kappa shape index (κ3) is 4.43. The summed E-state index contributed by atoms with van der Waals surface area (Å²) >= 11 is 5.91. The third-order valence-electron chi connectivity index (χ3n) is 6.18. The zero-order valence-corrected chi connectivity index (χ0v) is 17.1. The second-order valence-corrected chi connectivity index (χ2v) is 8.39. The van der Waals surface area contributed by atoms with Gasteiger partial charge >= 0.3 is 0 Å². The first-order chi connectivity index (χ1) is 14.0. The summed E-state index contributed by atoms with van der Waals surface area (Å²) in [5.41, 5.74) is 2.72. The fourth-order valence-corrected chi connectivity index (χ4v) is 4.56. The average Bonchev–Trinajstić information content (AvgIpc) is 2.74. The number of anilines is 1. The van der Waals surface area contributed by atoms with Crippen molar-refractivity contribution < 1.29 is 9.18 Å². The molecule has 0 saturated heterocycles. The predicted molar refractivity (Wildman–Crippen MR) is 116 cm³/mol. The van der Waals surface area contributed by atoms with Crippen LogP contribution in [0.3, 0.4) is 0 Å². The average molecular weight is 411 g/mol. The molecule has 150 valence electrons. The van der Waals surface area contributed by atoms with E-state index in [9.17, 15) is 9.18 Å². The zero-order chi connectivity index (χ0) is 20.4. The quantitative estimate of drug-likeness (QED) is 0.528. The molecular weight excluding hydrogens is 387 g/mol. The van der Waals surface area contributed by atoms with Gasteiger partial charge < -0.3 is 5.32 Å². The summed E-state index contributed by atoms with van der Waals surface area (Å²) in [6.45, 7) is 2.01. The summed E-state index contributed by atoms with van der Waals surface area (Å²) in [5.74, 6) is 0.541. The van der Waals surface area contributed by atoms with Crippen molar-refractivity contribution in [2.24, 2.45) is 11.8 Å². The van der Waals surface area contributed by atoms with E-state index in [-0.39, 0.29) is 17.6 Å². The van der Waals surface area contributed by atoms with E-state index in [1.54, 1.807) is 18.3 Å².